The highest BCUT2D eigenvalue weighted by atomic mass is 16.1. The van der Waals surface area contributed by atoms with E-state index < -0.39 is 0 Å². The molecule has 1 rings (SSSR count). The standard InChI is InChI=1S/C17H28N2O/c1-13(2)10-11-18-16(20)12-19-15-9-7-6-8-14(15)17(3,4)5/h6-9,13,19H,10-12H2,1-5H3,(H,18,20). The predicted octanol–water partition coefficient (Wildman–Crippen LogP) is 3.56. The van der Waals surface area contributed by atoms with Crippen molar-refractivity contribution in [1.82, 2.24) is 5.32 Å². The van der Waals surface area contributed by atoms with Crippen LogP contribution in [0.4, 0.5) is 5.69 Å². The van der Waals surface area contributed by atoms with Crippen LogP contribution in [0.3, 0.4) is 0 Å². The molecule has 3 nitrogen and oxygen atoms in total. The second-order valence-electron chi connectivity index (χ2n) is 6.68. The van der Waals surface area contributed by atoms with Gasteiger partial charge in [-0.1, -0.05) is 52.8 Å². The van der Waals surface area contributed by atoms with Crippen LogP contribution in [0.2, 0.25) is 0 Å². The van der Waals surface area contributed by atoms with Crippen molar-refractivity contribution in [1.29, 1.82) is 0 Å². The van der Waals surface area contributed by atoms with Crippen LogP contribution in [-0.4, -0.2) is 19.0 Å². The maximum absolute atomic E-state index is 11.8. The number of para-hydroxylation sites is 1. The Labute approximate surface area is 123 Å². The minimum atomic E-state index is 0.0503. The first-order chi connectivity index (χ1) is 9.30. The zero-order valence-electron chi connectivity index (χ0n) is 13.4. The van der Waals surface area contributed by atoms with Gasteiger partial charge in [0.2, 0.25) is 5.91 Å². The molecule has 0 bridgehead atoms. The Morgan fingerprint density at radius 1 is 1.20 bits per heavy atom. The molecule has 0 fully saturated rings. The minimum absolute atomic E-state index is 0.0503. The lowest BCUT2D eigenvalue weighted by atomic mass is 9.86. The number of anilines is 1. The van der Waals surface area contributed by atoms with Gasteiger partial charge in [0.05, 0.1) is 6.54 Å². The lowest BCUT2D eigenvalue weighted by Gasteiger charge is -2.23. The van der Waals surface area contributed by atoms with Gasteiger partial charge in [-0.3, -0.25) is 4.79 Å². The van der Waals surface area contributed by atoms with E-state index in [2.05, 4.69) is 51.3 Å². The Morgan fingerprint density at radius 3 is 2.45 bits per heavy atom. The Hall–Kier alpha value is -1.51. The van der Waals surface area contributed by atoms with Gasteiger partial charge in [-0.15, -0.1) is 0 Å². The number of nitrogens with one attached hydrogen (secondary N) is 2. The summed E-state index contributed by atoms with van der Waals surface area (Å²) in [5, 5.41) is 6.19. The monoisotopic (exact) mass is 276 g/mol. The molecule has 1 amide bonds. The Morgan fingerprint density at radius 2 is 1.85 bits per heavy atom. The molecule has 0 aliphatic heterocycles. The van der Waals surface area contributed by atoms with Gasteiger partial charge in [-0.25, -0.2) is 0 Å². The van der Waals surface area contributed by atoms with Gasteiger partial charge in [0.1, 0.15) is 0 Å². The quantitative estimate of drug-likeness (QED) is 0.834. The zero-order valence-corrected chi connectivity index (χ0v) is 13.4. The van der Waals surface area contributed by atoms with E-state index >= 15 is 0 Å². The van der Waals surface area contributed by atoms with Crippen LogP contribution in [0.25, 0.3) is 0 Å². The highest BCUT2D eigenvalue weighted by Crippen LogP contribution is 2.28. The van der Waals surface area contributed by atoms with E-state index in [4.69, 9.17) is 0 Å². The maximum Gasteiger partial charge on any atom is 0.239 e. The summed E-state index contributed by atoms with van der Waals surface area (Å²) in [5.74, 6) is 0.666. The molecule has 0 radical (unpaired) electrons. The molecule has 3 heteroatoms. The summed E-state index contributed by atoms with van der Waals surface area (Å²) in [6.45, 7) is 11.9. The summed E-state index contributed by atoms with van der Waals surface area (Å²) in [5.41, 5.74) is 2.34. The normalized spacial score (nSPS) is 11.5. The molecule has 20 heavy (non-hydrogen) atoms. The van der Waals surface area contributed by atoms with Crippen LogP contribution in [0, 0.1) is 5.92 Å². The first-order valence-electron chi connectivity index (χ1n) is 7.41. The lowest BCUT2D eigenvalue weighted by Crippen LogP contribution is -2.31. The molecule has 0 aromatic heterocycles. The molecule has 0 aliphatic carbocycles. The van der Waals surface area contributed by atoms with Crippen LogP contribution in [0.15, 0.2) is 24.3 Å². The zero-order chi connectivity index (χ0) is 15.2. The Balaban J connectivity index is 2.52. The molecule has 0 unspecified atom stereocenters. The van der Waals surface area contributed by atoms with Crippen molar-refractivity contribution in [2.45, 2.75) is 46.5 Å². The van der Waals surface area contributed by atoms with Crippen LogP contribution in [0.1, 0.15) is 46.6 Å². The smallest absolute Gasteiger partial charge is 0.239 e. The van der Waals surface area contributed by atoms with Crippen molar-refractivity contribution >= 4 is 11.6 Å². The number of amides is 1. The van der Waals surface area contributed by atoms with Crippen LogP contribution >= 0.6 is 0 Å². The van der Waals surface area contributed by atoms with Crippen LogP contribution in [0.5, 0.6) is 0 Å². The Bertz CT molecular complexity index is 433. The average molecular weight is 276 g/mol. The molecule has 0 saturated carbocycles. The molecule has 0 spiro atoms. The number of carbonyl (C=O) groups excluding carboxylic acids is 1. The largest absolute Gasteiger partial charge is 0.376 e. The van der Waals surface area contributed by atoms with E-state index in [1.165, 1.54) is 5.56 Å². The van der Waals surface area contributed by atoms with E-state index in [1.807, 2.05) is 18.2 Å². The fourth-order valence-electron chi connectivity index (χ4n) is 2.03. The molecule has 0 heterocycles. The average Bonchev–Trinajstić information content (AvgIpc) is 2.35. The summed E-state index contributed by atoms with van der Waals surface area (Å²) >= 11 is 0. The molecule has 1 aromatic carbocycles. The second kappa shape index (κ2) is 7.32. The molecular weight excluding hydrogens is 248 g/mol. The molecule has 0 atom stereocenters. The number of hydrogen-bond donors (Lipinski definition) is 2. The van der Waals surface area contributed by atoms with Crippen molar-refractivity contribution in [3.05, 3.63) is 29.8 Å². The van der Waals surface area contributed by atoms with Crippen molar-refractivity contribution in [3.8, 4) is 0 Å². The predicted molar refractivity (Wildman–Crippen MR) is 86.1 cm³/mol. The summed E-state index contributed by atoms with van der Waals surface area (Å²) in [4.78, 5) is 11.8. The van der Waals surface area contributed by atoms with Gasteiger partial charge < -0.3 is 10.6 Å². The van der Waals surface area contributed by atoms with Crippen molar-refractivity contribution in [2.24, 2.45) is 5.92 Å². The van der Waals surface area contributed by atoms with E-state index in [-0.39, 0.29) is 11.3 Å². The summed E-state index contributed by atoms with van der Waals surface area (Å²) in [6.07, 6.45) is 1.02. The molecule has 2 N–H and O–H groups in total. The molecule has 0 aliphatic rings. The Kier molecular flexibility index (Phi) is 6.05. The van der Waals surface area contributed by atoms with Gasteiger partial charge in [0.25, 0.3) is 0 Å². The lowest BCUT2D eigenvalue weighted by molar-refractivity contribution is -0.119. The molecule has 0 saturated heterocycles. The van der Waals surface area contributed by atoms with E-state index in [0.717, 1.165) is 18.7 Å². The van der Waals surface area contributed by atoms with Crippen molar-refractivity contribution < 1.29 is 4.79 Å². The highest BCUT2D eigenvalue weighted by Gasteiger charge is 2.17. The third-order valence-corrected chi connectivity index (χ3v) is 3.22. The van der Waals surface area contributed by atoms with Gasteiger partial charge in [0.15, 0.2) is 0 Å². The fourth-order valence-corrected chi connectivity index (χ4v) is 2.03. The van der Waals surface area contributed by atoms with Gasteiger partial charge in [-0.2, -0.15) is 0 Å². The molecular formula is C17H28N2O. The van der Waals surface area contributed by atoms with Gasteiger partial charge >= 0.3 is 0 Å². The van der Waals surface area contributed by atoms with E-state index in [9.17, 15) is 4.79 Å². The molecule has 1 aromatic rings. The van der Waals surface area contributed by atoms with Crippen LogP contribution < -0.4 is 10.6 Å². The van der Waals surface area contributed by atoms with E-state index in [0.29, 0.717) is 12.5 Å². The van der Waals surface area contributed by atoms with Gasteiger partial charge in [0, 0.05) is 12.2 Å². The fraction of sp³-hybridized carbons (Fsp3) is 0.588. The number of carbonyl (C=O) groups is 1. The number of hydrogen-bond acceptors (Lipinski definition) is 2. The number of benzene rings is 1. The number of rotatable bonds is 6. The van der Waals surface area contributed by atoms with E-state index in [1.54, 1.807) is 0 Å². The first-order valence-corrected chi connectivity index (χ1v) is 7.41. The first kappa shape index (κ1) is 16.5. The third kappa shape index (κ3) is 5.64. The second-order valence-corrected chi connectivity index (χ2v) is 6.68. The van der Waals surface area contributed by atoms with Crippen LogP contribution in [-0.2, 0) is 10.2 Å². The highest BCUT2D eigenvalue weighted by molar-refractivity contribution is 5.81. The summed E-state index contributed by atoms with van der Waals surface area (Å²) in [6, 6.07) is 8.17. The van der Waals surface area contributed by atoms with Gasteiger partial charge in [-0.05, 0) is 29.4 Å². The summed E-state index contributed by atoms with van der Waals surface area (Å²) < 4.78 is 0. The topological polar surface area (TPSA) is 41.1 Å². The molecule has 112 valence electrons. The summed E-state index contributed by atoms with van der Waals surface area (Å²) in [7, 11) is 0. The SMILES string of the molecule is CC(C)CCNC(=O)CNc1ccccc1C(C)(C)C. The minimum Gasteiger partial charge on any atom is -0.376 e. The van der Waals surface area contributed by atoms with Crippen molar-refractivity contribution in [2.75, 3.05) is 18.4 Å². The van der Waals surface area contributed by atoms with Crippen molar-refractivity contribution in [3.63, 3.8) is 0 Å². The maximum atomic E-state index is 11.8. The third-order valence-electron chi connectivity index (χ3n) is 3.22.